The fourth-order valence-corrected chi connectivity index (χ4v) is 3.25. The Morgan fingerprint density at radius 1 is 1.05 bits per heavy atom. The summed E-state index contributed by atoms with van der Waals surface area (Å²) in [6.07, 6.45) is 3.16. The Morgan fingerprint density at radius 2 is 1.67 bits per heavy atom. The van der Waals surface area contributed by atoms with Crippen LogP contribution in [0.2, 0.25) is 0 Å². The molecule has 2 heteroatoms. The van der Waals surface area contributed by atoms with Gasteiger partial charge in [0.15, 0.2) is 0 Å². The van der Waals surface area contributed by atoms with Crippen LogP contribution in [0.4, 0.5) is 0 Å². The summed E-state index contributed by atoms with van der Waals surface area (Å²) in [6.45, 7) is 0.767. The van der Waals surface area contributed by atoms with Gasteiger partial charge in [0.25, 0.3) is 0 Å². The van der Waals surface area contributed by atoms with Gasteiger partial charge < -0.3 is 10.5 Å². The average Bonchev–Trinajstić information content (AvgIpc) is 2.96. The molecule has 1 aliphatic rings. The topological polar surface area (TPSA) is 35.2 Å². The van der Waals surface area contributed by atoms with E-state index < -0.39 is 0 Å². The normalized spacial score (nSPS) is 15.9. The quantitative estimate of drug-likeness (QED) is 0.912. The molecule has 1 unspecified atom stereocenters. The Morgan fingerprint density at radius 3 is 2.24 bits per heavy atom. The predicted octanol–water partition coefficient (Wildman–Crippen LogP) is 3.29. The summed E-state index contributed by atoms with van der Waals surface area (Å²) < 4.78 is 5.12. The maximum absolute atomic E-state index is 6.51. The molecule has 0 saturated heterocycles. The number of methoxy groups -OCH3 is 1. The van der Waals surface area contributed by atoms with Crippen LogP contribution in [0.1, 0.15) is 28.3 Å². The van der Waals surface area contributed by atoms with Crippen LogP contribution < -0.4 is 5.73 Å². The second-order valence-electron chi connectivity index (χ2n) is 5.95. The number of nitrogens with two attached hydrogens (primary N) is 1. The van der Waals surface area contributed by atoms with Gasteiger partial charge >= 0.3 is 0 Å². The lowest BCUT2D eigenvalue weighted by molar-refractivity contribution is 0.202. The lowest BCUT2D eigenvalue weighted by Gasteiger charge is -2.19. The third kappa shape index (κ3) is 3.17. The minimum absolute atomic E-state index is 0.119. The van der Waals surface area contributed by atoms with E-state index in [9.17, 15) is 0 Å². The fourth-order valence-electron chi connectivity index (χ4n) is 3.25. The van der Waals surface area contributed by atoms with E-state index in [0.717, 1.165) is 25.9 Å². The van der Waals surface area contributed by atoms with Crippen molar-refractivity contribution < 1.29 is 4.74 Å². The summed E-state index contributed by atoms with van der Waals surface area (Å²) >= 11 is 0. The maximum atomic E-state index is 6.51. The minimum Gasteiger partial charge on any atom is -0.384 e. The summed E-state index contributed by atoms with van der Waals surface area (Å²) in [7, 11) is 1.74. The van der Waals surface area contributed by atoms with Crippen LogP contribution in [0.15, 0.2) is 48.5 Å². The first kappa shape index (κ1) is 14.3. The Labute approximate surface area is 126 Å². The number of ether oxygens (including phenoxy) is 1. The fraction of sp³-hybridized carbons (Fsp3) is 0.368. The van der Waals surface area contributed by atoms with Crippen molar-refractivity contribution in [1.29, 1.82) is 0 Å². The highest BCUT2D eigenvalue weighted by Crippen LogP contribution is 2.33. The molecule has 1 atom stereocenters. The Bertz CT molecular complexity index is 566. The third-order valence-corrected chi connectivity index (χ3v) is 4.55. The summed E-state index contributed by atoms with van der Waals surface area (Å²) in [5.74, 6) is 0.521. The minimum atomic E-state index is 0.119. The van der Waals surface area contributed by atoms with E-state index in [1.54, 1.807) is 7.11 Å². The molecule has 2 aromatic rings. The zero-order chi connectivity index (χ0) is 14.7. The van der Waals surface area contributed by atoms with Crippen LogP contribution in [-0.2, 0) is 24.0 Å². The van der Waals surface area contributed by atoms with E-state index >= 15 is 0 Å². The van der Waals surface area contributed by atoms with Gasteiger partial charge in [0, 0.05) is 13.2 Å². The molecular weight excluding hydrogens is 258 g/mol. The van der Waals surface area contributed by atoms with Gasteiger partial charge in [0.2, 0.25) is 0 Å². The molecule has 2 nitrogen and oxygen atoms in total. The number of rotatable bonds is 5. The molecule has 110 valence electrons. The Balaban J connectivity index is 1.67. The predicted molar refractivity (Wildman–Crippen MR) is 86.3 cm³/mol. The molecule has 0 aromatic heterocycles. The lowest BCUT2D eigenvalue weighted by atomic mass is 9.91. The molecule has 0 radical (unpaired) electrons. The number of hydrogen-bond acceptors (Lipinski definition) is 2. The van der Waals surface area contributed by atoms with Gasteiger partial charge in [0.05, 0.1) is 6.61 Å². The largest absolute Gasteiger partial charge is 0.384 e. The van der Waals surface area contributed by atoms with Crippen molar-refractivity contribution in [2.45, 2.75) is 25.3 Å². The van der Waals surface area contributed by atoms with Crippen molar-refractivity contribution in [2.75, 3.05) is 13.7 Å². The Hall–Kier alpha value is -1.64. The van der Waals surface area contributed by atoms with Gasteiger partial charge in [-0.2, -0.15) is 0 Å². The highest BCUT2D eigenvalue weighted by molar-refractivity contribution is 5.34. The monoisotopic (exact) mass is 281 g/mol. The van der Waals surface area contributed by atoms with Gasteiger partial charge in [-0.05, 0) is 47.4 Å². The highest BCUT2D eigenvalue weighted by atomic mass is 16.5. The van der Waals surface area contributed by atoms with E-state index in [4.69, 9.17) is 10.5 Å². The van der Waals surface area contributed by atoms with Crippen molar-refractivity contribution >= 4 is 0 Å². The van der Waals surface area contributed by atoms with Crippen molar-refractivity contribution in [1.82, 2.24) is 0 Å². The Kier molecular flexibility index (Phi) is 4.37. The van der Waals surface area contributed by atoms with Gasteiger partial charge in [-0.15, -0.1) is 0 Å². The second kappa shape index (κ2) is 6.42. The first-order chi connectivity index (χ1) is 10.3. The molecule has 2 aromatic carbocycles. The molecular formula is C19H23NO. The molecule has 21 heavy (non-hydrogen) atoms. The van der Waals surface area contributed by atoms with Crippen LogP contribution in [0.5, 0.6) is 0 Å². The maximum Gasteiger partial charge on any atom is 0.0502 e. The van der Waals surface area contributed by atoms with Crippen molar-refractivity contribution in [2.24, 2.45) is 11.7 Å². The molecule has 0 heterocycles. The van der Waals surface area contributed by atoms with E-state index in [-0.39, 0.29) is 6.04 Å². The summed E-state index contributed by atoms with van der Waals surface area (Å²) in [6, 6.07) is 17.5. The second-order valence-corrected chi connectivity index (χ2v) is 5.95. The standard InChI is InChI=1S/C19H23NO/c1-21-11-10-14-6-8-15(9-7-14)19(20)18-12-16-4-2-3-5-17(16)13-18/h2-9,18-19H,10-13,20H2,1H3. The van der Waals surface area contributed by atoms with Crippen LogP contribution in [0, 0.1) is 5.92 Å². The SMILES string of the molecule is COCCc1ccc(C(N)C2Cc3ccccc3C2)cc1. The van der Waals surface area contributed by atoms with Gasteiger partial charge in [-0.1, -0.05) is 48.5 Å². The molecule has 0 amide bonds. The van der Waals surface area contributed by atoms with Gasteiger partial charge in [-0.3, -0.25) is 0 Å². The molecule has 1 aliphatic carbocycles. The lowest BCUT2D eigenvalue weighted by Crippen LogP contribution is -2.21. The zero-order valence-electron chi connectivity index (χ0n) is 12.6. The summed E-state index contributed by atoms with van der Waals surface area (Å²) in [4.78, 5) is 0. The van der Waals surface area contributed by atoms with Crippen LogP contribution in [0.3, 0.4) is 0 Å². The highest BCUT2D eigenvalue weighted by Gasteiger charge is 2.26. The van der Waals surface area contributed by atoms with Crippen molar-refractivity contribution in [3.63, 3.8) is 0 Å². The molecule has 0 saturated carbocycles. The van der Waals surface area contributed by atoms with Crippen molar-refractivity contribution in [3.8, 4) is 0 Å². The molecule has 0 bridgehead atoms. The average molecular weight is 281 g/mol. The number of fused-ring (bicyclic) bond motifs is 1. The van der Waals surface area contributed by atoms with E-state index in [2.05, 4.69) is 48.5 Å². The number of hydrogen-bond donors (Lipinski definition) is 1. The van der Waals surface area contributed by atoms with E-state index in [1.807, 2.05) is 0 Å². The van der Waals surface area contributed by atoms with Crippen LogP contribution >= 0.6 is 0 Å². The zero-order valence-corrected chi connectivity index (χ0v) is 12.6. The molecule has 0 fully saturated rings. The van der Waals surface area contributed by atoms with Gasteiger partial charge in [-0.25, -0.2) is 0 Å². The first-order valence-corrected chi connectivity index (χ1v) is 7.68. The van der Waals surface area contributed by atoms with Crippen LogP contribution in [-0.4, -0.2) is 13.7 Å². The van der Waals surface area contributed by atoms with E-state index in [0.29, 0.717) is 5.92 Å². The molecule has 2 N–H and O–H groups in total. The van der Waals surface area contributed by atoms with Crippen molar-refractivity contribution in [3.05, 3.63) is 70.8 Å². The van der Waals surface area contributed by atoms with Crippen LogP contribution in [0.25, 0.3) is 0 Å². The molecule has 0 aliphatic heterocycles. The van der Waals surface area contributed by atoms with E-state index in [1.165, 1.54) is 22.3 Å². The number of benzene rings is 2. The molecule has 3 rings (SSSR count). The summed E-state index contributed by atoms with van der Waals surface area (Å²) in [5.41, 5.74) is 12.0. The third-order valence-electron chi connectivity index (χ3n) is 4.55. The molecule has 0 spiro atoms. The van der Waals surface area contributed by atoms with Gasteiger partial charge in [0.1, 0.15) is 0 Å². The first-order valence-electron chi connectivity index (χ1n) is 7.68. The smallest absolute Gasteiger partial charge is 0.0502 e. The summed E-state index contributed by atoms with van der Waals surface area (Å²) in [5, 5.41) is 0.